The van der Waals surface area contributed by atoms with Crippen molar-refractivity contribution in [2.75, 3.05) is 36.1 Å². The maximum absolute atomic E-state index is 15.7. The number of pyridine rings is 2. The van der Waals surface area contributed by atoms with E-state index in [2.05, 4.69) is 32.1 Å². The number of nitrogens with one attached hydrogen (secondary N) is 2. The Hall–Kier alpha value is -4.09. The maximum Gasteiger partial charge on any atom is 0.238 e. The number of nitrogens with zero attached hydrogens (tertiary/aromatic N) is 3. The predicted octanol–water partition coefficient (Wildman–Crippen LogP) is 5.05. The summed E-state index contributed by atoms with van der Waals surface area (Å²) >= 11 is 0. The Kier molecular flexibility index (Phi) is 7.79. The molecule has 0 bridgehead atoms. The Bertz CT molecular complexity index is 1840. The number of halogens is 1. The number of carbonyl (C=O) groups excluding carboxylic acids is 1. The number of ether oxygens (including phenoxy) is 1. The topological polar surface area (TPSA) is 114 Å². The maximum atomic E-state index is 15.7. The van der Waals surface area contributed by atoms with Gasteiger partial charge in [-0.1, -0.05) is 44.2 Å². The highest BCUT2D eigenvalue weighted by molar-refractivity contribution is 7.92. The van der Waals surface area contributed by atoms with Crippen LogP contribution in [-0.2, 0) is 26.7 Å². The molecule has 2 aromatic carbocycles. The van der Waals surface area contributed by atoms with Crippen molar-refractivity contribution in [1.82, 2.24) is 15.3 Å². The summed E-state index contributed by atoms with van der Waals surface area (Å²) in [7, 11) is -1.91. The van der Waals surface area contributed by atoms with E-state index in [9.17, 15) is 13.2 Å². The average molecular weight is 618 g/mol. The normalized spacial score (nSPS) is 19.5. The van der Waals surface area contributed by atoms with E-state index in [0.717, 1.165) is 23.9 Å². The number of amides is 1. The molecule has 1 spiro atoms. The molecule has 1 saturated carbocycles. The largest absolute Gasteiger partial charge is 0.475 e. The Morgan fingerprint density at radius 1 is 1.11 bits per heavy atom. The van der Waals surface area contributed by atoms with Gasteiger partial charge in [0.15, 0.2) is 0 Å². The molecule has 11 heteroatoms. The van der Waals surface area contributed by atoms with Crippen molar-refractivity contribution in [2.45, 2.75) is 44.6 Å². The second-order valence-corrected chi connectivity index (χ2v) is 13.9. The predicted molar refractivity (Wildman–Crippen MR) is 170 cm³/mol. The quantitative estimate of drug-likeness (QED) is 0.240. The molecule has 44 heavy (non-hydrogen) atoms. The minimum atomic E-state index is -3.68. The lowest BCUT2D eigenvalue weighted by Gasteiger charge is -2.44. The fourth-order valence-electron chi connectivity index (χ4n) is 6.60. The van der Waals surface area contributed by atoms with Gasteiger partial charge in [-0.15, -0.1) is 0 Å². The first-order valence-electron chi connectivity index (χ1n) is 14.7. The van der Waals surface area contributed by atoms with Gasteiger partial charge in [0, 0.05) is 54.0 Å². The van der Waals surface area contributed by atoms with Crippen molar-refractivity contribution in [3.8, 4) is 17.0 Å². The van der Waals surface area contributed by atoms with Gasteiger partial charge < -0.3 is 15.0 Å². The fraction of sp³-hybridized carbons (Fsp3) is 0.364. The van der Waals surface area contributed by atoms with Crippen molar-refractivity contribution in [2.24, 2.45) is 5.92 Å². The van der Waals surface area contributed by atoms with Gasteiger partial charge in [0.2, 0.25) is 21.8 Å². The molecule has 230 valence electrons. The monoisotopic (exact) mass is 617 g/mol. The van der Waals surface area contributed by atoms with Crippen molar-refractivity contribution in [3.05, 3.63) is 77.9 Å². The van der Waals surface area contributed by atoms with Crippen LogP contribution in [0, 0.1) is 11.7 Å². The lowest BCUT2D eigenvalue weighted by molar-refractivity contribution is -0.127. The van der Waals surface area contributed by atoms with Crippen LogP contribution in [0.2, 0.25) is 0 Å². The number of benzene rings is 2. The van der Waals surface area contributed by atoms with Gasteiger partial charge in [-0.05, 0) is 42.9 Å². The number of hydrogen-bond donors (Lipinski definition) is 2. The molecule has 6 rings (SSSR count). The van der Waals surface area contributed by atoms with Crippen molar-refractivity contribution >= 4 is 38.2 Å². The lowest BCUT2D eigenvalue weighted by Crippen LogP contribution is -2.49. The van der Waals surface area contributed by atoms with Crippen LogP contribution in [0.5, 0.6) is 5.88 Å². The van der Waals surface area contributed by atoms with E-state index in [4.69, 9.17) is 4.74 Å². The van der Waals surface area contributed by atoms with Crippen LogP contribution < -0.4 is 19.7 Å². The Morgan fingerprint density at radius 3 is 2.57 bits per heavy atom. The first-order chi connectivity index (χ1) is 20.9. The van der Waals surface area contributed by atoms with Crippen LogP contribution >= 0.6 is 0 Å². The minimum Gasteiger partial charge on any atom is -0.475 e. The second-order valence-electron chi connectivity index (χ2n) is 12.2. The lowest BCUT2D eigenvalue weighted by atomic mass is 9.57. The van der Waals surface area contributed by atoms with E-state index in [0.29, 0.717) is 41.8 Å². The Labute approximate surface area is 256 Å². The number of fused-ring (bicyclic) bond motifs is 4. The third kappa shape index (κ3) is 5.61. The van der Waals surface area contributed by atoms with E-state index in [1.165, 1.54) is 23.9 Å². The summed E-state index contributed by atoms with van der Waals surface area (Å²) < 4.78 is 48.2. The molecule has 3 heterocycles. The highest BCUT2D eigenvalue weighted by atomic mass is 32.2. The first-order valence-corrected chi connectivity index (χ1v) is 16.6. The van der Waals surface area contributed by atoms with Crippen molar-refractivity contribution < 1.29 is 22.3 Å². The van der Waals surface area contributed by atoms with E-state index < -0.39 is 21.3 Å². The number of rotatable bonds is 10. The summed E-state index contributed by atoms with van der Waals surface area (Å²) in [4.78, 5) is 24.3. The van der Waals surface area contributed by atoms with E-state index >= 15 is 4.39 Å². The van der Waals surface area contributed by atoms with Crippen LogP contribution in [0.3, 0.4) is 0 Å². The Balaban J connectivity index is 1.38. The number of sulfonamides is 1. The number of aromatic nitrogens is 2. The molecule has 2 aromatic heterocycles. The molecule has 0 unspecified atom stereocenters. The highest BCUT2D eigenvalue weighted by Crippen LogP contribution is 2.58. The molecular weight excluding hydrogens is 581 g/mol. The van der Waals surface area contributed by atoms with Crippen LogP contribution in [0.4, 0.5) is 15.8 Å². The molecular formula is C33H36FN5O4S. The minimum absolute atomic E-state index is 0.0340. The molecule has 2 N–H and O–H groups in total. The molecule has 1 aliphatic heterocycles. The SMILES string of the molecule is CC(C)NCCOc1ncc(-c2cc3c4c(cnc3cc2F)N(C)C(=O)C42CC(Cc3ccccc3)C2)cc1NS(C)(=O)=O. The first kappa shape index (κ1) is 30.0. The van der Waals surface area contributed by atoms with Crippen molar-refractivity contribution in [3.63, 3.8) is 0 Å². The number of anilines is 2. The van der Waals surface area contributed by atoms with Gasteiger partial charge in [0.05, 0.1) is 29.1 Å². The zero-order valence-electron chi connectivity index (χ0n) is 25.2. The molecule has 4 aromatic rings. The van der Waals surface area contributed by atoms with Gasteiger partial charge >= 0.3 is 0 Å². The van der Waals surface area contributed by atoms with E-state index in [1.54, 1.807) is 24.2 Å². The summed E-state index contributed by atoms with van der Waals surface area (Å²) in [5.74, 6) is -0.0552. The van der Waals surface area contributed by atoms with Crippen molar-refractivity contribution in [1.29, 1.82) is 0 Å². The van der Waals surface area contributed by atoms with Gasteiger partial charge in [-0.3, -0.25) is 14.5 Å². The molecule has 1 aliphatic carbocycles. The fourth-order valence-corrected chi connectivity index (χ4v) is 7.14. The third-order valence-electron chi connectivity index (χ3n) is 8.48. The molecule has 2 aliphatic rings. The standard InChI is InChI=1S/C33H36FN5O4S/c1-20(2)35-10-11-43-31-28(38-44(4,41)42)13-23(18-37-31)24-14-25-27(15-26(24)34)36-19-29-30(25)33(32(40)39(29)3)16-22(17-33)12-21-8-6-5-7-9-21/h5-9,13-15,18-20,22,35,38H,10-12,16-17H2,1-4H3. The average Bonchev–Trinajstić information content (AvgIpc) is 3.17. The second kappa shape index (κ2) is 11.4. The smallest absolute Gasteiger partial charge is 0.238 e. The molecule has 0 saturated heterocycles. The summed E-state index contributed by atoms with van der Waals surface area (Å²) in [5, 5.41) is 3.93. The zero-order chi connectivity index (χ0) is 31.2. The Morgan fingerprint density at radius 2 is 1.86 bits per heavy atom. The molecule has 0 radical (unpaired) electrons. The van der Waals surface area contributed by atoms with Gasteiger partial charge in [-0.25, -0.2) is 17.8 Å². The number of hydrogen-bond acceptors (Lipinski definition) is 7. The van der Waals surface area contributed by atoms with Gasteiger partial charge in [-0.2, -0.15) is 0 Å². The summed E-state index contributed by atoms with van der Waals surface area (Å²) in [6, 6.07) is 15.1. The zero-order valence-corrected chi connectivity index (χ0v) is 26.0. The molecule has 0 atom stereocenters. The highest BCUT2D eigenvalue weighted by Gasteiger charge is 2.58. The third-order valence-corrected chi connectivity index (χ3v) is 9.07. The van der Waals surface area contributed by atoms with Crippen LogP contribution in [0.1, 0.15) is 37.8 Å². The van der Waals surface area contributed by atoms with Crippen LogP contribution in [0.25, 0.3) is 22.0 Å². The summed E-state index contributed by atoms with van der Waals surface area (Å²) in [6.45, 7) is 4.82. The number of likely N-dealkylation sites (N-methyl/N-ethyl adjacent to an activating group) is 1. The molecule has 9 nitrogen and oxygen atoms in total. The number of carbonyl (C=O) groups is 1. The summed E-state index contributed by atoms with van der Waals surface area (Å²) in [6.07, 6.45) is 6.44. The van der Waals surface area contributed by atoms with Gasteiger partial charge in [0.25, 0.3) is 0 Å². The molecule has 1 amide bonds. The summed E-state index contributed by atoms with van der Waals surface area (Å²) in [5.41, 5.74) is 3.31. The van der Waals surface area contributed by atoms with Crippen LogP contribution in [-0.4, -0.2) is 56.8 Å². The molecule has 1 fully saturated rings. The van der Waals surface area contributed by atoms with E-state index in [1.807, 2.05) is 32.0 Å². The van der Waals surface area contributed by atoms with Crippen LogP contribution in [0.15, 0.2) is 60.9 Å². The van der Waals surface area contributed by atoms with E-state index in [-0.39, 0.29) is 35.7 Å². The van der Waals surface area contributed by atoms with Gasteiger partial charge in [0.1, 0.15) is 18.1 Å².